The average Bonchev–Trinajstić information content (AvgIpc) is 3.15. The molecule has 2 heterocycles. The number of hydrogen-bond donors (Lipinski definition) is 0. The van der Waals surface area contributed by atoms with Crippen LogP contribution in [0.25, 0.3) is 10.6 Å². The van der Waals surface area contributed by atoms with Gasteiger partial charge >= 0.3 is 0 Å². The fourth-order valence-electron chi connectivity index (χ4n) is 2.59. The molecule has 3 rings (SSSR count). The fourth-order valence-corrected chi connectivity index (χ4v) is 3.63. The highest BCUT2D eigenvalue weighted by Crippen LogP contribution is 2.26. The first kappa shape index (κ1) is 14.5. The number of hydrogen-bond acceptors (Lipinski definition) is 3. The number of nitrogens with zero attached hydrogens (tertiary/aromatic N) is 2. The van der Waals surface area contributed by atoms with Crippen LogP contribution >= 0.6 is 22.9 Å². The van der Waals surface area contributed by atoms with Crippen LogP contribution in [0.5, 0.6) is 0 Å². The molecule has 1 atom stereocenters. The maximum atomic E-state index is 12.5. The zero-order chi connectivity index (χ0) is 14.8. The maximum absolute atomic E-state index is 12.5. The lowest BCUT2D eigenvalue weighted by atomic mass is 10.1. The normalized spacial score (nSPS) is 18.2. The predicted molar refractivity (Wildman–Crippen MR) is 86.8 cm³/mol. The van der Waals surface area contributed by atoms with Gasteiger partial charge in [0.2, 0.25) is 0 Å². The third-order valence-electron chi connectivity index (χ3n) is 3.76. The smallest absolute Gasteiger partial charge is 0.253 e. The molecule has 3 nitrogen and oxygen atoms in total. The molecule has 0 bridgehead atoms. The number of halogens is 1. The Morgan fingerprint density at radius 3 is 3.05 bits per heavy atom. The van der Waals surface area contributed by atoms with Crippen molar-refractivity contribution in [1.29, 1.82) is 0 Å². The lowest BCUT2D eigenvalue weighted by Crippen LogP contribution is -2.28. The number of aromatic nitrogens is 1. The molecule has 0 N–H and O–H groups in total. The Morgan fingerprint density at radius 2 is 2.38 bits per heavy atom. The number of likely N-dealkylation sites (tertiary alicyclic amines) is 1. The molecular formula is C16H17ClN2OS. The first-order valence-corrected chi connectivity index (χ1v) is 8.49. The molecular weight excluding hydrogens is 304 g/mol. The Kier molecular flexibility index (Phi) is 4.27. The van der Waals surface area contributed by atoms with Crippen molar-refractivity contribution >= 4 is 28.8 Å². The van der Waals surface area contributed by atoms with Crippen LogP contribution in [-0.2, 0) is 5.88 Å². The van der Waals surface area contributed by atoms with Crippen molar-refractivity contribution < 1.29 is 4.79 Å². The maximum Gasteiger partial charge on any atom is 0.253 e. The van der Waals surface area contributed by atoms with Crippen molar-refractivity contribution in [1.82, 2.24) is 9.88 Å². The van der Waals surface area contributed by atoms with Crippen molar-refractivity contribution in [3.63, 3.8) is 0 Å². The van der Waals surface area contributed by atoms with Gasteiger partial charge < -0.3 is 4.90 Å². The molecule has 1 aliphatic heterocycles. The molecule has 0 spiro atoms. The van der Waals surface area contributed by atoms with Gasteiger partial charge in [-0.3, -0.25) is 4.79 Å². The SMILES string of the molecule is CC1CCN(C(=O)c2cccc(-c3nc(CCl)cs3)c2)C1. The fraction of sp³-hybridized carbons (Fsp3) is 0.375. The molecule has 1 aliphatic rings. The van der Waals surface area contributed by atoms with Gasteiger partial charge in [0.25, 0.3) is 5.91 Å². The molecule has 21 heavy (non-hydrogen) atoms. The summed E-state index contributed by atoms with van der Waals surface area (Å²) in [7, 11) is 0. The largest absolute Gasteiger partial charge is 0.338 e. The number of carbonyl (C=O) groups is 1. The van der Waals surface area contributed by atoms with E-state index in [1.165, 1.54) is 0 Å². The third kappa shape index (κ3) is 3.11. The molecule has 1 aromatic heterocycles. The molecule has 1 saturated heterocycles. The van der Waals surface area contributed by atoms with Crippen molar-refractivity contribution in [3.8, 4) is 10.6 Å². The lowest BCUT2D eigenvalue weighted by Gasteiger charge is -2.16. The number of benzene rings is 1. The van der Waals surface area contributed by atoms with Crippen LogP contribution in [0.4, 0.5) is 0 Å². The number of thiazole rings is 1. The van der Waals surface area contributed by atoms with Crippen molar-refractivity contribution in [2.75, 3.05) is 13.1 Å². The summed E-state index contributed by atoms with van der Waals surface area (Å²) in [6.45, 7) is 3.90. The van der Waals surface area contributed by atoms with Crippen LogP contribution in [-0.4, -0.2) is 28.9 Å². The predicted octanol–water partition coefficient (Wildman–Crippen LogP) is 4.03. The van der Waals surface area contributed by atoms with Crippen LogP contribution in [0.1, 0.15) is 29.4 Å². The van der Waals surface area contributed by atoms with E-state index in [9.17, 15) is 4.79 Å². The summed E-state index contributed by atoms with van der Waals surface area (Å²) in [5.41, 5.74) is 2.60. The Morgan fingerprint density at radius 1 is 1.52 bits per heavy atom. The third-order valence-corrected chi connectivity index (χ3v) is 4.97. The molecule has 2 aromatic rings. The Bertz CT molecular complexity index is 655. The van der Waals surface area contributed by atoms with E-state index >= 15 is 0 Å². The van der Waals surface area contributed by atoms with Gasteiger partial charge in [0, 0.05) is 29.6 Å². The van der Waals surface area contributed by atoms with E-state index in [0.29, 0.717) is 11.8 Å². The van der Waals surface area contributed by atoms with E-state index in [0.717, 1.165) is 41.3 Å². The molecule has 0 aliphatic carbocycles. The summed E-state index contributed by atoms with van der Waals surface area (Å²) in [4.78, 5) is 18.9. The van der Waals surface area contributed by atoms with Gasteiger partial charge in [-0.2, -0.15) is 0 Å². The Hall–Kier alpha value is -1.39. The summed E-state index contributed by atoms with van der Waals surface area (Å²) in [5, 5.41) is 2.87. The highest BCUT2D eigenvalue weighted by molar-refractivity contribution is 7.13. The van der Waals surface area contributed by atoms with Crippen LogP contribution in [0.3, 0.4) is 0 Å². The summed E-state index contributed by atoms with van der Waals surface area (Å²) >= 11 is 7.35. The van der Waals surface area contributed by atoms with Crippen molar-refractivity contribution in [3.05, 3.63) is 40.9 Å². The van der Waals surface area contributed by atoms with E-state index in [1.807, 2.05) is 34.5 Å². The minimum Gasteiger partial charge on any atom is -0.338 e. The molecule has 1 amide bonds. The first-order chi connectivity index (χ1) is 10.2. The highest BCUT2D eigenvalue weighted by Gasteiger charge is 2.24. The summed E-state index contributed by atoms with van der Waals surface area (Å²) in [6.07, 6.45) is 1.09. The molecule has 1 aromatic carbocycles. The second-order valence-corrected chi connectivity index (χ2v) is 6.63. The van der Waals surface area contributed by atoms with Gasteiger partial charge in [0.1, 0.15) is 5.01 Å². The topological polar surface area (TPSA) is 33.2 Å². The number of rotatable bonds is 3. The van der Waals surface area contributed by atoms with Gasteiger partial charge in [-0.05, 0) is 24.5 Å². The van der Waals surface area contributed by atoms with Gasteiger partial charge in [-0.25, -0.2) is 4.98 Å². The van der Waals surface area contributed by atoms with E-state index in [4.69, 9.17) is 11.6 Å². The lowest BCUT2D eigenvalue weighted by molar-refractivity contribution is 0.0788. The second-order valence-electron chi connectivity index (χ2n) is 5.50. The zero-order valence-corrected chi connectivity index (χ0v) is 13.5. The van der Waals surface area contributed by atoms with E-state index in [-0.39, 0.29) is 5.91 Å². The first-order valence-electron chi connectivity index (χ1n) is 7.07. The molecule has 0 saturated carbocycles. The molecule has 110 valence electrons. The van der Waals surface area contributed by atoms with Gasteiger partial charge in [0.05, 0.1) is 11.6 Å². The molecule has 1 fully saturated rings. The monoisotopic (exact) mass is 320 g/mol. The van der Waals surface area contributed by atoms with E-state index in [2.05, 4.69) is 11.9 Å². The van der Waals surface area contributed by atoms with E-state index < -0.39 is 0 Å². The Balaban J connectivity index is 1.84. The number of amides is 1. The summed E-state index contributed by atoms with van der Waals surface area (Å²) in [5.74, 6) is 1.14. The standard InChI is InChI=1S/C16H17ClN2OS/c1-11-5-6-19(9-11)16(20)13-4-2-3-12(7-13)15-18-14(8-17)10-21-15/h2-4,7,10-11H,5-6,8-9H2,1H3. The summed E-state index contributed by atoms with van der Waals surface area (Å²) < 4.78 is 0. The van der Waals surface area contributed by atoms with E-state index in [1.54, 1.807) is 11.3 Å². The summed E-state index contributed by atoms with van der Waals surface area (Å²) in [6, 6.07) is 7.72. The van der Waals surface area contributed by atoms with Crippen molar-refractivity contribution in [2.24, 2.45) is 5.92 Å². The zero-order valence-electron chi connectivity index (χ0n) is 11.9. The number of alkyl halides is 1. The van der Waals surface area contributed by atoms with Gasteiger partial charge in [0.15, 0.2) is 0 Å². The molecule has 5 heteroatoms. The highest BCUT2D eigenvalue weighted by atomic mass is 35.5. The van der Waals surface area contributed by atoms with Crippen LogP contribution < -0.4 is 0 Å². The minimum absolute atomic E-state index is 0.121. The number of carbonyl (C=O) groups excluding carboxylic acids is 1. The van der Waals surface area contributed by atoms with Crippen LogP contribution in [0.15, 0.2) is 29.6 Å². The second kappa shape index (κ2) is 6.16. The molecule has 1 unspecified atom stereocenters. The quantitative estimate of drug-likeness (QED) is 0.800. The minimum atomic E-state index is 0.121. The molecule has 0 radical (unpaired) electrons. The average molecular weight is 321 g/mol. The van der Waals surface area contributed by atoms with Gasteiger partial charge in [-0.1, -0.05) is 19.1 Å². The Labute approximate surface area is 133 Å². The van der Waals surface area contributed by atoms with Crippen LogP contribution in [0, 0.1) is 5.92 Å². The van der Waals surface area contributed by atoms with Crippen molar-refractivity contribution in [2.45, 2.75) is 19.2 Å². The van der Waals surface area contributed by atoms with Crippen LogP contribution in [0.2, 0.25) is 0 Å². The van der Waals surface area contributed by atoms with Gasteiger partial charge in [-0.15, -0.1) is 22.9 Å².